The van der Waals surface area contributed by atoms with Crippen molar-refractivity contribution in [3.63, 3.8) is 0 Å². The van der Waals surface area contributed by atoms with Crippen molar-refractivity contribution in [2.24, 2.45) is 0 Å². The van der Waals surface area contributed by atoms with E-state index in [1.807, 2.05) is 6.92 Å². The normalized spacial score (nSPS) is 28.3. The van der Waals surface area contributed by atoms with Gasteiger partial charge in [0.15, 0.2) is 17.3 Å². The van der Waals surface area contributed by atoms with Crippen molar-refractivity contribution < 1.29 is 19.3 Å². The number of rotatable bonds is 3. The second-order valence-electron chi connectivity index (χ2n) is 4.04. The molecule has 1 saturated heterocycles. The molecular weight excluding hydrogens is 244 g/mol. The van der Waals surface area contributed by atoms with E-state index in [4.69, 9.17) is 25.8 Å². The van der Waals surface area contributed by atoms with Gasteiger partial charge in [-0.3, -0.25) is 0 Å². The molecule has 94 valence electrons. The molecule has 1 aliphatic heterocycles. The van der Waals surface area contributed by atoms with Crippen LogP contribution in [0.15, 0.2) is 18.2 Å². The zero-order valence-electron chi connectivity index (χ0n) is 9.77. The fourth-order valence-corrected chi connectivity index (χ4v) is 1.98. The molecule has 5 heteroatoms. The van der Waals surface area contributed by atoms with Crippen LogP contribution in [0.5, 0.6) is 11.5 Å². The van der Waals surface area contributed by atoms with Gasteiger partial charge in [-0.25, -0.2) is 0 Å². The molecule has 1 aromatic carbocycles. The van der Waals surface area contributed by atoms with Crippen LogP contribution in [0.1, 0.15) is 12.5 Å². The summed E-state index contributed by atoms with van der Waals surface area (Å²) in [5.41, 5.74) is 0.791. The molecule has 0 spiro atoms. The number of ether oxygens (including phenoxy) is 3. The third-order valence-electron chi connectivity index (χ3n) is 2.81. The molecule has 0 aromatic heterocycles. The predicted molar refractivity (Wildman–Crippen MR) is 63.6 cm³/mol. The first-order valence-corrected chi connectivity index (χ1v) is 5.87. The van der Waals surface area contributed by atoms with Gasteiger partial charge in [-0.05, 0) is 25.1 Å². The minimum atomic E-state index is -0.833. The largest absolute Gasteiger partial charge is 0.504 e. The molecule has 1 aliphatic rings. The summed E-state index contributed by atoms with van der Waals surface area (Å²) in [5, 5.41) is 9.53. The molecule has 2 unspecified atom stereocenters. The minimum Gasteiger partial charge on any atom is -0.504 e. The second-order valence-corrected chi connectivity index (χ2v) is 4.35. The summed E-state index contributed by atoms with van der Waals surface area (Å²) in [5.74, 6) is 0.0442. The second kappa shape index (κ2) is 4.72. The van der Waals surface area contributed by atoms with Crippen molar-refractivity contribution in [1.29, 1.82) is 0 Å². The lowest BCUT2D eigenvalue weighted by molar-refractivity contribution is -0.159. The summed E-state index contributed by atoms with van der Waals surface area (Å²) in [6, 6.07) is 5.00. The summed E-state index contributed by atoms with van der Waals surface area (Å²) in [6.45, 7) is 2.29. The van der Waals surface area contributed by atoms with Crippen LogP contribution in [-0.2, 0) is 15.3 Å². The van der Waals surface area contributed by atoms with Gasteiger partial charge in [-0.15, -0.1) is 11.6 Å². The van der Waals surface area contributed by atoms with E-state index in [-0.39, 0.29) is 11.9 Å². The molecule has 17 heavy (non-hydrogen) atoms. The lowest BCUT2D eigenvalue weighted by atomic mass is 10.1. The maximum absolute atomic E-state index is 9.53. The van der Waals surface area contributed by atoms with E-state index in [2.05, 4.69) is 0 Å². The number of benzene rings is 1. The number of aromatic hydroxyl groups is 1. The topological polar surface area (TPSA) is 47.9 Å². The van der Waals surface area contributed by atoms with Crippen LogP contribution in [0.25, 0.3) is 0 Å². The van der Waals surface area contributed by atoms with Crippen LogP contribution >= 0.6 is 11.6 Å². The molecule has 0 radical (unpaired) electrons. The first-order chi connectivity index (χ1) is 8.09. The van der Waals surface area contributed by atoms with Gasteiger partial charge >= 0.3 is 0 Å². The van der Waals surface area contributed by atoms with Gasteiger partial charge in [0.2, 0.25) is 0 Å². The van der Waals surface area contributed by atoms with Crippen molar-refractivity contribution in [3.05, 3.63) is 23.8 Å². The molecule has 2 atom stereocenters. The Morgan fingerprint density at radius 3 is 2.94 bits per heavy atom. The summed E-state index contributed by atoms with van der Waals surface area (Å²) < 4.78 is 16.4. The third kappa shape index (κ3) is 2.34. The monoisotopic (exact) mass is 258 g/mol. The number of phenolic OH excluding ortho intramolecular Hbond substituents is 1. The van der Waals surface area contributed by atoms with Gasteiger partial charge in [0.25, 0.3) is 0 Å². The predicted octanol–water partition coefficient (Wildman–Crippen LogP) is 2.23. The van der Waals surface area contributed by atoms with Gasteiger partial charge in [0.1, 0.15) is 0 Å². The highest BCUT2D eigenvalue weighted by molar-refractivity contribution is 6.18. The fraction of sp³-hybridized carbons (Fsp3) is 0.500. The van der Waals surface area contributed by atoms with Crippen LogP contribution in [0.2, 0.25) is 0 Å². The molecule has 0 saturated carbocycles. The number of halogens is 1. The van der Waals surface area contributed by atoms with E-state index in [0.717, 1.165) is 5.56 Å². The van der Waals surface area contributed by atoms with Crippen molar-refractivity contribution in [1.82, 2.24) is 0 Å². The van der Waals surface area contributed by atoms with Crippen molar-refractivity contribution >= 4 is 11.6 Å². The summed E-state index contributed by atoms with van der Waals surface area (Å²) in [4.78, 5) is 0. The minimum absolute atomic E-state index is 0.0896. The van der Waals surface area contributed by atoms with Gasteiger partial charge < -0.3 is 19.3 Å². The quantitative estimate of drug-likeness (QED) is 0.845. The average molecular weight is 259 g/mol. The number of phenols is 1. The maximum Gasteiger partial charge on any atom is 0.192 e. The fourth-order valence-electron chi connectivity index (χ4n) is 1.83. The Morgan fingerprint density at radius 1 is 1.59 bits per heavy atom. The molecule has 1 N–H and O–H groups in total. The highest BCUT2D eigenvalue weighted by atomic mass is 35.5. The molecule has 1 aromatic rings. The lowest BCUT2D eigenvalue weighted by Gasteiger charge is -2.24. The van der Waals surface area contributed by atoms with E-state index in [0.29, 0.717) is 18.2 Å². The first-order valence-electron chi connectivity index (χ1n) is 5.34. The smallest absolute Gasteiger partial charge is 0.192 e. The highest BCUT2D eigenvalue weighted by Gasteiger charge is 2.38. The Balaban J connectivity index is 2.28. The van der Waals surface area contributed by atoms with Crippen LogP contribution < -0.4 is 4.74 Å². The first kappa shape index (κ1) is 12.5. The SMILES string of the molecule is COc1cc(C2(C)OCC(CCl)O2)ccc1O. The van der Waals surface area contributed by atoms with Crippen molar-refractivity contribution in [2.45, 2.75) is 18.8 Å². The number of hydrogen-bond donors (Lipinski definition) is 1. The Labute approximate surface area is 105 Å². The molecular formula is C12H15ClO4. The molecule has 2 rings (SSSR count). The standard InChI is InChI=1S/C12H15ClO4/c1-12(16-7-9(6-13)17-12)8-3-4-10(14)11(5-8)15-2/h3-5,9,14H,6-7H2,1-2H3. The maximum atomic E-state index is 9.53. The van der Waals surface area contributed by atoms with E-state index < -0.39 is 5.79 Å². The molecule has 4 nitrogen and oxygen atoms in total. The average Bonchev–Trinajstić information content (AvgIpc) is 2.73. The van der Waals surface area contributed by atoms with Gasteiger partial charge in [0, 0.05) is 5.56 Å². The molecule has 1 heterocycles. The number of hydrogen-bond acceptors (Lipinski definition) is 4. The zero-order valence-corrected chi connectivity index (χ0v) is 10.5. The summed E-state index contributed by atoms with van der Waals surface area (Å²) in [6.07, 6.45) is -0.110. The Kier molecular flexibility index (Phi) is 3.47. The Morgan fingerprint density at radius 2 is 2.35 bits per heavy atom. The summed E-state index contributed by atoms with van der Waals surface area (Å²) in [7, 11) is 1.50. The van der Waals surface area contributed by atoms with Crippen LogP contribution in [0.4, 0.5) is 0 Å². The third-order valence-corrected chi connectivity index (χ3v) is 3.16. The summed E-state index contributed by atoms with van der Waals surface area (Å²) >= 11 is 5.74. The van der Waals surface area contributed by atoms with Crippen LogP contribution in [0, 0.1) is 0 Å². The lowest BCUT2D eigenvalue weighted by Crippen LogP contribution is -2.24. The Bertz CT molecular complexity index is 409. The van der Waals surface area contributed by atoms with Crippen molar-refractivity contribution in [3.8, 4) is 11.5 Å². The zero-order chi connectivity index (χ0) is 12.5. The van der Waals surface area contributed by atoms with Crippen molar-refractivity contribution in [2.75, 3.05) is 19.6 Å². The molecule has 0 bridgehead atoms. The highest BCUT2D eigenvalue weighted by Crippen LogP contribution is 2.38. The van der Waals surface area contributed by atoms with Crippen LogP contribution in [-0.4, -0.2) is 30.8 Å². The van der Waals surface area contributed by atoms with E-state index in [9.17, 15) is 5.11 Å². The van der Waals surface area contributed by atoms with E-state index in [1.54, 1.807) is 18.2 Å². The number of alkyl halides is 1. The van der Waals surface area contributed by atoms with E-state index in [1.165, 1.54) is 7.11 Å². The number of methoxy groups -OCH3 is 1. The Hall–Kier alpha value is -0.970. The van der Waals surface area contributed by atoms with Gasteiger partial charge in [-0.2, -0.15) is 0 Å². The van der Waals surface area contributed by atoms with E-state index >= 15 is 0 Å². The van der Waals surface area contributed by atoms with Gasteiger partial charge in [-0.1, -0.05) is 0 Å². The molecule has 0 amide bonds. The molecule has 1 fully saturated rings. The van der Waals surface area contributed by atoms with Crippen LogP contribution in [0.3, 0.4) is 0 Å². The van der Waals surface area contributed by atoms with Gasteiger partial charge in [0.05, 0.1) is 25.7 Å². The molecule has 0 aliphatic carbocycles.